The highest BCUT2D eigenvalue weighted by molar-refractivity contribution is 5.78. The van der Waals surface area contributed by atoms with Gasteiger partial charge in [-0.3, -0.25) is 0 Å². The van der Waals surface area contributed by atoms with Crippen LogP contribution in [0.1, 0.15) is 0 Å². The third-order valence-electron chi connectivity index (χ3n) is 2.44. The number of imidazole rings is 1. The smallest absolute Gasteiger partial charge is 0.191 e. The van der Waals surface area contributed by atoms with E-state index < -0.39 is 0 Å². The number of hydrogen-bond acceptors (Lipinski definition) is 2. The monoisotopic (exact) mass is 211 g/mol. The molecule has 0 saturated heterocycles. The van der Waals surface area contributed by atoms with Crippen LogP contribution < -0.4 is 4.73 Å². The molecule has 0 radical (unpaired) electrons. The molecule has 2 aromatic heterocycles. The number of aromatic amines is 1. The number of benzene rings is 1. The van der Waals surface area contributed by atoms with Crippen molar-refractivity contribution >= 4 is 11.0 Å². The van der Waals surface area contributed by atoms with Crippen molar-refractivity contribution in [1.82, 2.24) is 9.97 Å². The predicted octanol–water partition coefficient (Wildman–Crippen LogP) is 1.86. The Kier molecular flexibility index (Phi) is 1.86. The van der Waals surface area contributed by atoms with Crippen molar-refractivity contribution < 1.29 is 4.73 Å². The molecule has 4 nitrogen and oxygen atoms in total. The van der Waals surface area contributed by atoms with Gasteiger partial charge >= 0.3 is 0 Å². The molecule has 1 N–H and O–H groups in total. The van der Waals surface area contributed by atoms with E-state index in [0.717, 1.165) is 21.3 Å². The first-order chi connectivity index (χ1) is 7.83. The van der Waals surface area contributed by atoms with Gasteiger partial charge in [0.1, 0.15) is 5.82 Å². The minimum Gasteiger partial charge on any atom is -0.619 e. The molecule has 0 fully saturated rings. The number of nitrogens with one attached hydrogen (secondary N) is 1. The predicted molar refractivity (Wildman–Crippen MR) is 60.5 cm³/mol. The molecule has 78 valence electrons. The summed E-state index contributed by atoms with van der Waals surface area (Å²) in [6.07, 6.45) is 2.95. The molecule has 2 heterocycles. The minimum atomic E-state index is 0.714. The van der Waals surface area contributed by atoms with Gasteiger partial charge in [0, 0.05) is 6.07 Å². The van der Waals surface area contributed by atoms with Gasteiger partial charge in [-0.15, -0.1) is 0 Å². The number of H-pyrrole nitrogens is 1. The summed E-state index contributed by atoms with van der Waals surface area (Å²) in [5.74, 6) is 0.714. The van der Waals surface area contributed by atoms with Gasteiger partial charge in [-0.25, -0.2) is 4.98 Å². The standard InChI is InChI=1S/C12H9N3O/c16-15-7-3-4-9(8-15)12-13-10-5-1-2-6-11(10)14-12/h1-8H,(H,13,14). The number of hydrogen-bond donors (Lipinski definition) is 1. The van der Waals surface area contributed by atoms with Crippen LogP contribution >= 0.6 is 0 Å². The van der Waals surface area contributed by atoms with Gasteiger partial charge < -0.3 is 10.2 Å². The molecule has 16 heavy (non-hydrogen) atoms. The highest BCUT2D eigenvalue weighted by atomic mass is 16.5. The van der Waals surface area contributed by atoms with Crippen LogP contribution in [0, 0.1) is 5.21 Å². The van der Waals surface area contributed by atoms with Gasteiger partial charge in [-0.1, -0.05) is 12.1 Å². The molecule has 0 unspecified atom stereocenters. The van der Waals surface area contributed by atoms with Crippen molar-refractivity contribution in [3.05, 3.63) is 54.0 Å². The largest absolute Gasteiger partial charge is 0.619 e. The summed E-state index contributed by atoms with van der Waals surface area (Å²) in [5, 5.41) is 11.2. The molecule has 0 aliphatic carbocycles. The van der Waals surface area contributed by atoms with Gasteiger partial charge in [0.25, 0.3) is 0 Å². The molecular formula is C12H9N3O. The van der Waals surface area contributed by atoms with Crippen molar-refractivity contribution in [2.45, 2.75) is 0 Å². The molecule has 1 aromatic carbocycles. The number of rotatable bonds is 1. The zero-order valence-corrected chi connectivity index (χ0v) is 8.42. The molecule has 0 spiro atoms. The summed E-state index contributed by atoms with van der Waals surface area (Å²) in [5.41, 5.74) is 2.66. The van der Waals surface area contributed by atoms with Gasteiger partial charge in [0.15, 0.2) is 12.4 Å². The molecule has 0 saturated carbocycles. The third-order valence-corrected chi connectivity index (χ3v) is 2.44. The summed E-state index contributed by atoms with van der Waals surface area (Å²) >= 11 is 0. The summed E-state index contributed by atoms with van der Waals surface area (Å²) in [7, 11) is 0. The zero-order chi connectivity index (χ0) is 11.0. The number of nitrogens with zero attached hydrogens (tertiary/aromatic N) is 2. The number of para-hydroxylation sites is 2. The van der Waals surface area contributed by atoms with Crippen molar-refractivity contribution in [2.24, 2.45) is 0 Å². The number of fused-ring (bicyclic) bond motifs is 1. The van der Waals surface area contributed by atoms with Gasteiger partial charge in [-0.05, 0) is 18.2 Å². The molecule has 0 aliphatic rings. The fourth-order valence-electron chi connectivity index (χ4n) is 1.68. The number of pyridine rings is 1. The maximum absolute atomic E-state index is 11.2. The van der Waals surface area contributed by atoms with Crippen LogP contribution in [0.5, 0.6) is 0 Å². The Balaban J connectivity index is 2.19. The van der Waals surface area contributed by atoms with Gasteiger partial charge in [0.2, 0.25) is 0 Å². The average Bonchev–Trinajstić information content (AvgIpc) is 2.72. The van der Waals surface area contributed by atoms with E-state index in [1.54, 1.807) is 6.07 Å². The van der Waals surface area contributed by atoms with Crippen LogP contribution in [0.2, 0.25) is 0 Å². The van der Waals surface area contributed by atoms with E-state index in [1.807, 2.05) is 30.3 Å². The first-order valence-corrected chi connectivity index (χ1v) is 4.97. The molecule has 0 atom stereocenters. The van der Waals surface area contributed by atoms with Crippen LogP contribution in [0.15, 0.2) is 48.8 Å². The third kappa shape index (κ3) is 1.40. The molecule has 3 rings (SSSR count). The molecule has 4 heteroatoms. The quantitative estimate of drug-likeness (QED) is 0.493. The first-order valence-electron chi connectivity index (χ1n) is 4.97. The average molecular weight is 211 g/mol. The van der Waals surface area contributed by atoms with Crippen molar-refractivity contribution in [1.29, 1.82) is 0 Å². The Morgan fingerprint density at radius 2 is 2.00 bits per heavy atom. The maximum atomic E-state index is 11.2. The van der Waals surface area contributed by atoms with Crippen LogP contribution in [0.3, 0.4) is 0 Å². The molecule has 0 aliphatic heterocycles. The van der Waals surface area contributed by atoms with E-state index >= 15 is 0 Å². The van der Waals surface area contributed by atoms with Gasteiger partial charge in [-0.2, -0.15) is 4.73 Å². The van der Waals surface area contributed by atoms with E-state index in [4.69, 9.17) is 0 Å². The van der Waals surface area contributed by atoms with E-state index in [0.29, 0.717) is 5.82 Å². The number of aromatic nitrogens is 3. The SMILES string of the molecule is [O-][n+]1cccc(-c2nc3ccccc3[nH]2)c1. The van der Waals surface area contributed by atoms with Gasteiger partial charge in [0.05, 0.1) is 16.6 Å². The lowest BCUT2D eigenvalue weighted by atomic mass is 10.3. The lowest BCUT2D eigenvalue weighted by Gasteiger charge is -1.96. The van der Waals surface area contributed by atoms with E-state index in [2.05, 4.69) is 9.97 Å². The van der Waals surface area contributed by atoms with Crippen LogP contribution in [-0.2, 0) is 0 Å². The molecule has 0 bridgehead atoms. The first kappa shape index (κ1) is 8.91. The highest BCUT2D eigenvalue weighted by Crippen LogP contribution is 2.18. The lowest BCUT2D eigenvalue weighted by molar-refractivity contribution is -0.604. The Morgan fingerprint density at radius 3 is 2.81 bits per heavy atom. The van der Waals surface area contributed by atoms with E-state index in [-0.39, 0.29) is 0 Å². The Bertz CT molecular complexity index is 612. The van der Waals surface area contributed by atoms with Crippen LogP contribution in [0.4, 0.5) is 0 Å². The normalized spacial score (nSPS) is 10.8. The Hall–Kier alpha value is -2.36. The second-order valence-corrected chi connectivity index (χ2v) is 3.56. The summed E-state index contributed by atoms with van der Waals surface area (Å²) in [6.45, 7) is 0. The second-order valence-electron chi connectivity index (χ2n) is 3.56. The minimum absolute atomic E-state index is 0.714. The summed E-state index contributed by atoms with van der Waals surface area (Å²) < 4.78 is 0.766. The fourth-order valence-corrected chi connectivity index (χ4v) is 1.68. The maximum Gasteiger partial charge on any atom is 0.191 e. The van der Waals surface area contributed by atoms with Crippen molar-refractivity contribution in [3.8, 4) is 11.4 Å². The topological polar surface area (TPSA) is 55.6 Å². The molecule has 3 aromatic rings. The second kappa shape index (κ2) is 3.34. The zero-order valence-electron chi connectivity index (χ0n) is 8.42. The fraction of sp³-hybridized carbons (Fsp3) is 0. The Morgan fingerprint density at radius 1 is 1.12 bits per heavy atom. The van der Waals surface area contributed by atoms with E-state index in [9.17, 15) is 5.21 Å². The van der Waals surface area contributed by atoms with Crippen LogP contribution in [0.25, 0.3) is 22.4 Å². The van der Waals surface area contributed by atoms with Crippen molar-refractivity contribution in [3.63, 3.8) is 0 Å². The molecular weight excluding hydrogens is 202 g/mol. The highest BCUT2D eigenvalue weighted by Gasteiger charge is 2.06. The van der Waals surface area contributed by atoms with Crippen molar-refractivity contribution in [2.75, 3.05) is 0 Å². The Labute approximate surface area is 91.8 Å². The van der Waals surface area contributed by atoms with Crippen LogP contribution in [-0.4, -0.2) is 9.97 Å². The summed E-state index contributed by atoms with van der Waals surface area (Å²) in [4.78, 5) is 7.59. The summed E-state index contributed by atoms with van der Waals surface area (Å²) in [6, 6.07) is 11.3. The molecule has 0 amide bonds. The lowest BCUT2D eigenvalue weighted by Crippen LogP contribution is -2.24. The van der Waals surface area contributed by atoms with E-state index in [1.165, 1.54) is 12.4 Å².